The summed E-state index contributed by atoms with van der Waals surface area (Å²) in [6, 6.07) is 15.3. The molecule has 5 heteroatoms. The molecule has 3 aromatic rings. The molecule has 0 saturated heterocycles. The minimum Gasteiger partial charge on any atom is -0.490 e. The van der Waals surface area contributed by atoms with Gasteiger partial charge in [0, 0.05) is 11.1 Å². The smallest absolute Gasteiger partial charge is 0.150 e. The molecule has 0 aliphatic heterocycles. The van der Waals surface area contributed by atoms with Crippen molar-refractivity contribution < 1.29 is 9.53 Å². The topological polar surface area (TPSA) is 55.0 Å². The van der Waals surface area contributed by atoms with Gasteiger partial charge in [-0.2, -0.15) is 5.10 Å². The van der Waals surface area contributed by atoms with Gasteiger partial charge in [0.25, 0.3) is 0 Å². The van der Waals surface area contributed by atoms with Gasteiger partial charge in [0.05, 0.1) is 22.0 Å². The Hall–Kier alpha value is -2.40. The van der Waals surface area contributed by atoms with E-state index >= 15 is 0 Å². The largest absolute Gasteiger partial charge is 0.490 e. The molecule has 3 rings (SSSR count). The van der Waals surface area contributed by atoms with Crippen LogP contribution in [0.2, 0.25) is 0 Å². The van der Waals surface area contributed by atoms with Gasteiger partial charge in [-0.1, -0.05) is 24.3 Å². The van der Waals surface area contributed by atoms with E-state index < -0.39 is 0 Å². The predicted molar refractivity (Wildman–Crippen MR) is 98.3 cm³/mol. The van der Waals surface area contributed by atoms with Crippen LogP contribution in [0.4, 0.5) is 0 Å². The highest BCUT2D eigenvalue weighted by atomic mass is 79.9. The molecule has 0 aliphatic rings. The van der Waals surface area contributed by atoms with Crippen molar-refractivity contribution in [3.63, 3.8) is 0 Å². The second kappa shape index (κ2) is 7.01. The predicted octanol–water partition coefficient (Wildman–Crippen LogP) is 5.11. The van der Waals surface area contributed by atoms with E-state index in [-0.39, 0.29) is 6.10 Å². The molecule has 0 aliphatic carbocycles. The van der Waals surface area contributed by atoms with Gasteiger partial charge in [-0.3, -0.25) is 9.89 Å². The monoisotopic (exact) mass is 384 g/mol. The molecular formula is C19H17BrN2O2. The summed E-state index contributed by atoms with van der Waals surface area (Å²) in [6.07, 6.45) is 0.957. The third-order valence-electron chi connectivity index (χ3n) is 3.53. The lowest BCUT2D eigenvalue weighted by molar-refractivity contribution is 0.112. The van der Waals surface area contributed by atoms with Crippen molar-refractivity contribution >= 4 is 22.2 Å². The van der Waals surface area contributed by atoms with Crippen molar-refractivity contribution in [2.24, 2.45) is 0 Å². The summed E-state index contributed by atoms with van der Waals surface area (Å²) in [6.45, 7) is 3.99. The molecule has 1 aromatic heterocycles. The van der Waals surface area contributed by atoms with Gasteiger partial charge in [0.15, 0.2) is 0 Å². The first kappa shape index (κ1) is 16.5. The fourth-order valence-electron chi connectivity index (χ4n) is 2.37. The maximum Gasteiger partial charge on any atom is 0.150 e. The van der Waals surface area contributed by atoms with Crippen LogP contribution >= 0.6 is 15.9 Å². The molecule has 0 spiro atoms. The van der Waals surface area contributed by atoms with Gasteiger partial charge in [-0.05, 0) is 59.6 Å². The number of aromatic nitrogens is 2. The van der Waals surface area contributed by atoms with Crippen molar-refractivity contribution in [1.29, 1.82) is 0 Å². The molecule has 1 N–H and O–H groups in total. The van der Waals surface area contributed by atoms with Gasteiger partial charge in [0.2, 0.25) is 0 Å². The molecule has 0 unspecified atom stereocenters. The van der Waals surface area contributed by atoms with Crippen LogP contribution < -0.4 is 4.74 Å². The standard InChI is InChI=1S/C19H17BrN2O2/c1-12(2)24-19-8-7-15(9-16(19)20)18-10-17(21-22-18)14-5-3-13(11-23)4-6-14/h3-12H,1-2H3,(H,21,22). The first-order chi connectivity index (χ1) is 11.6. The summed E-state index contributed by atoms with van der Waals surface area (Å²) >= 11 is 3.54. The number of aromatic amines is 1. The van der Waals surface area contributed by atoms with Crippen molar-refractivity contribution in [1.82, 2.24) is 10.2 Å². The average molecular weight is 385 g/mol. The Labute approximate surface area is 149 Å². The number of benzene rings is 2. The van der Waals surface area contributed by atoms with E-state index in [1.807, 2.05) is 50.2 Å². The zero-order chi connectivity index (χ0) is 17.1. The lowest BCUT2D eigenvalue weighted by Crippen LogP contribution is -2.05. The first-order valence-electron chi connectivity index (χ1n) is 7.64. The molecule has 0 fully saturated rings. The number of aldehydes is 1. The Morgan fingerprint density at radius 3 is 2.42 bits per heavy atom. The van der Waals surface area contributed by atoms with E-state index in [9.17, 15) is 4.79 Å². The number of hydrogen-bond acceptors (Lipinski definition) is 3. The number of rotatable bonds is 5. The third kappa shape index (κ3) is 3.57. The Balaban J connectivity index is 1.87. The number of halogens is 1. The SMILES string of the molecule is CC(C)Oc1ccc(-c2cc(-c3ccc(C=O)cc3)[nH]n2)cc1Br. The molecule has 4 nitrogen and oxygen atoms in total. The Bertz CT molecular complexity index is 854. The molecule has 0 atom stereocenters. The Kier molecular flexibility index (Phi) is 4.81. The fourth-order valence-corrected chi connectivity index (χ4v) is 2.84. The molecule has 0 bridgehead atoms. The highest BCUT2D eigenvalue weighted by Gasteiger charge is 2.09. The van der Waals surface area contributed by atoms with Gasteiger partial charge < -0.3 is 4.74 Å². The highest BCUT2D eigenvalue weighted by molar-refractivity contribution is 9.10. The molecular weight excluding hydrogens is 368 g/mol. The molecule has 0 radical (unpaired) electrons. The first-order valence-corrected chi connectivity index (χ1v) is 8.43. The molecule has 1 heterocycles. The quantitative estimate of drug-likeness (QED) is 0.622. The summed E-state index contributed by atoms with van der Waals surface area (Å²) in [4.78, 5) is 10.7. The van der Waals surface area contributed by atoms with Crippen molar-refractivity contribution in [3.8, 4) is 28.3 Å². The minimum absolute atomic E-state index is 0.124. The normalized spacial score (nSPS) is 10.8. The van der Waals surface area contributed by atoms with Crippen molar-refractivity contribution in [2.45, 2.75) is 20.0 Å². The van der Waals surface area contributed by atoms with Crippen molar-refractivity contribution in [3.05, 3.63) is 58.6 Å². The summed E-state index contributed by atoms with van der Waals surface area (Å²) in [5.41, 5.74) is 4.38. The molecule has 122 valence electrons. The van der Waals surface area contributed by atoms with Gasteiger partial charge >= 0.3 is 0 Å². The lowest BCUT2D eigenvalue weighted by atomic mass is 10.1. The van der Waals surface area contributed by atoms with Gasteiger partial charge in [-0.25, -0.2) is 0 Å². The van der Waals surface area contributed by atoms with E-state index in [1.165, 1.54) is 0 Å². The number of nitrogens with zero attached hydrogens (tertiary/aromatic N) is 1. The van der Waals surface area contributed by atoms with E-state index in [1.54, 1.807) is 12.1 Å². The summed E-state index contributed by atoms with van der Waals surface area (Å²) in [7, 11) is 0. The second-order valence-corrected chi connectivity index (χ2v) is 6.57. The van der Waals surface area contributed by atoms with E-state index in [2.05, 4.69) is 26.1 Å². The maximum atomic E-state index is 10.7. The van der Waals surface area contributed by atoms with Gasteiger partial charge in [0.1, 0.15) is 12.0 Å². The Morgan fingerprint density at radius 2 is 1.79 bits per heavy atom. The second-order valence-electron chi connectivity index (χ2n) is 5.72. The lowest BCUT2D eigenvalue weighted by Gasteiger charge is -2.11. The van der Waals surface area contributed by atoms with Crippen LogP contribution in [-0.4, -0.2) is 22.6 Å². The van der Waals surface area contributed by atoms with Crippen LogP contribution in [0.25, 0.3) is 22.5 Å². The van der Waals surface area contributed by atoms with Gasteiger partial charge in [-0.15, -0.1) is 0 Å². The molecule has 24 heavy (non-hydrogen) atoms. The molecule has 0 amide bonds. The zero-order valence-electron chi connectivity index (χ0n) is 13.4. The summed E-state index contributed by atoms with van der Waals surface area (Å²) in [5.74, 6) is 0.814. The fraction of sp³-hybridized carbons (Fsp3) is 0.158. The van der Waals surface area contributed by atoms with Crippen LogP contribution in [0.1, 0.15) is 24.2 Å². The number of carbonyl (C=O) groups is 1. The van der Waals surface area contributed by atoms with E-state index in [0.29, 0.717) is 5.56 Å². The van der Waals surface area contributed by atoms with Crippen LogP contribution in [0.15, 0.2) is 53.0 Å². The summed E-state index contributed by atoms with van der Waals surface area (Å²) in [5, 5.41) is 7.42. The zero-order valence-corrected chi connectivity index (χ0v) is 15.0. The molecule has 0 saturated carbocycles. The highest BCUT2D eigenvalue weighted by Crippen LogP contribution is 2.32. The van der Waals surface area contributed by atoms with Crippen molar-refractivity contribution in [2.75, 3.05) is 0 Å². The van der Waals surface area contributed by atoms with E-state index in [0.717, 1.165) is 39.0 Å². The minimum atomic E-state index is 0.124. The van der Waals surface area contributed by atoms with Crippen LogP contribution in [0, 0.1) is 0 Å². The molecule has 2 aromatic carbocycles. The van der Waals surface area contributed by atoms with Crippen LogP contribution in [0.5, 0.6) is 5.75 Å². The third-order valence-corrected chi connectivity index (χ3v) is 4.15. The summed E-state index contributed by atoms with van der Waals surface area (Å²) < 4.78 is 6.63. The number of nitrogens with one attached hydrogen (secondary N) is 1. The maximum absolute atomic E-state index is 10.7. The number of ether oxygens (including phenoxy) is 1. The average Bonchev–Trinajstić information content (AvgIpc) is 3.06. The number of carbonyl (C=O) groups excluding carboxylic acids is 1. The number of hydrogen-bond donors (Lipinski definition) is 1. The Morgan fingerprint density at radius 1 is 1.08 bits per heavy atom. The van der Waals surface area contributed by atoms with E-state index in [4.69, 9.17) is 4.74 Å². The number of H-pyrrole nitrogens is 1. The van der Waals surface area contributed by atoms with Crippen LogP contribution in [0.3, 0.4) is 0 Å². The van der Waals surface area contributed by atoms with Crippen LogP contribution in [-0.2, 0) is 0 Å².